The lowest BCUT2D eigenvalue weighted by atomic mass is 10.1. The minimum atomic E-state index is -0.417. The number of aromatic nitrogens is 1. The second-order valence-corrected chi connectivity index (χ2v) is 5.52. The summed E-state index contributed by atoms with van der Waals surface area (Å²) in [7, 11) is 1.97. The van der Waals surface area contributed by atoms with Crippen LogP contribution in [0.3, 0.4) is 0 Å². The highest BCUT2D eigenvalue weighted by Crippen LogP contribution is 2.24. The predicted molar refractivity (Wildman–Crippen MR) is 83.6 cm³/mol. The van der Waals surface area contributed by atoms with Crippen molar-refractivity contribution < 1.29 is 4.39 Å². The van der Waals surface area contributed by atoms with Crippen molar-refractivity contribution in [2.45, 2.75) is 19.5 Å². The van der Waals surface area contributed by atoms with Crippen molar-refractivity contribution in [2.24, 2.45) is 5.73 Å². The van der Waals surface area contributed by atoms with Crippen LogP contribution in [0, 0.1) is 12.7 Å². The SMILES string of the molecule is Cc1cccc(CN(C)C(CN)c2ccc(F)c(Cl)c2)n1. The summed E-state index contributed by atoms with van der Waals surface area (Å²) in [6, 6.07) is 10.6. The highest BCUT2D eigenvalue weighted by Gasteiger charge is 2.17. The molecule has 0 amide bonds. The van der Waals surface area contributed by atoms with Crippen LogP contribution in [0.1, 0.15) is 23.0 Å². The van der Waals surface area contributed by atoms with Crippen LogP contribution in [-0.4, -0.2) is 23.5 Å². The van der Waals surface area contributed by atoms with Gasteiger partial charge in [-0.05, 0) is 43.8 Å². The second-order valence-electron chi connectivity index (χ2n) is 5.11. The van der Waals surface area contributed by atoms with Crippen molar-refractivity contribution in [1.29, 1.82) is 0 Å². The molecule has 1 heterocycles. The molecule has 0 radical (unpaired) electrons. The zero-order valence-electron chi connectivity index (χ0n) is 12.2. The summed E-state index contributed by atoms with van der Waals surface area (Å²) in [5.41, 5.74) is 8.74. The Morgan fingerprint density at radius 1 is 1.33 bits per heavy atom. The molecule has 2 N–H and O–H groups in total. The highest BCUT2D eigenvalue weighted by atomic mass is 35.5. The molecule has 1 unspecified atom stereocenters. The minimum Gasteiger partial charge on any atom is -0.329 e. The van der Waals surface area contributed by atoms with Gasteiger partial charge in [-0.15, -0.1) is 0 Å². The molecule has 1 aromatic heterocycles. The van der Waals surface area contributed by atoms with Gasteiger partial charge in [0.15, 0.2) is 0 Å². The number of hydrogen-bond acceptors (Lipinski definition) is 3. The zero-order valence-corrected chi connectivity index (χ0v) is 12.9. The lowest BCUT2D eigenvalue weighted by Crippen LogP contribution is -2.30. The van der Waals surface area contributed by atoms with E-state index >= 15 is 0 Å². The third-order valence-electron chi connectivity index (χ3n) is 3.44. The Morgan fingerprint density at radius 3 is 2.71 bits per heavy atom. The largest absolute Gasteiger partial charge is 0.329 e. The first kappa shape index (κ1) is 15.9. The normalized spacial score (nSPS) is 12.7. The molecular weight excluding hydrogens is 289 g/mol. The Labute approximate surface area is 129 Å². The fourth-order valence-corrected chi connectivity index (χ4v) is 2.53. The fourth-order valence-electron chi connectivity index (χ4n) is 2.34. The molecular formula is C16H19ClFN3. The van der Waals surface area contributed by atoms with Crippen LogP contribution >= 0.6 is 11.6 Å². The van der Waals surface area contributed by atoms with E-state index in [0.29, 0.717) is 13.1 Å². The number of nitrogens with two attached hydrogens (primary N) is 1. The second kappa shape index (κ2) is 6.98. The average molecular weight is 308 g/mol. The predicted octanol–water partition coefficient (Wildman–Crippen LogP) is 3.31. The topological polar surface area (TPSA) is 42.1 Å². The van der Waals surface area contributed by atoms with Gasteiger partial charge in [0.05, 0.1) is 10.7 Å². The van der Waals surface area contributed by atoms with Gasteiger partial charge >= 0.3 is 0 Å². The molecule has 0 saturated carbocycles. The number of likely N-dealkylation sites (N-methyl/N-ethyl adjacent to an activating group) is 1. The molecule has 5 heteroatoms. The summed E-state index contributed by atoms with van der Waals surface area (Å²) in [5.74, 6) is -0.417. The molecule has 1 atom stereocenters. The first-order valence-electron chi connectivity index (χ1n) is 6.79. The monoisotopic (exact) mass is 307 g/mol. The van der Waals surface area contributed by atoms with Crippen LogP contribution < -0.4 is 5.73 Å². The number of hydrogen-bond donors (Lipinski definition) is 1. The number of nitrogens with zero attached hydrogens (tertiary/aromatic N) is 2. The Kier molecular flexibility index (Phi) is 5.28. The Hall–Kier alpha value is -1.49. The third kappa shape index (κ3) is 4.00. The van der Waals surface area contributed by atoms with E-state index in [1.165, 1.54) is 6.07 Å². The molecule has 2 rings (SSSR count). The Morgan fingerprint density at radius 2 is 2.10 bits per heavy atom. The van der Waals surface area contributed by atoms with E-state index in [2.05, 4.69) is 9.88 Å². The molecule has 0 fully saturated rings. The van der Waals surface area contributed by atoms with Crippen LogP contribution in [-0.2, 0) is 6.54 Å². The molecule has 21 heavy (non-hydrogen) atoms. The van der Waals surface area contributed by atoms with Gasteiger partial charge in [0.25, 0.3) is 0 Å². The molecule has 0 bridgehead atoms. The summed E-state index contributed by atoms with van der Waals surface area (Å²) < 4.78 is 13.3. The third-order valence-corrected chi connectivity index (χ3v) is 3.73. The molecule has 3 nitrogen and oxygen atoms in total. The summed E-state index contributed by atoms with van der Waals surface area (Å²) in [6.07, 6.45) is 0. The van der Waals surface area contributed by atoms with E-state index in [1.807, 2.05) is 32.2 Å². The van der Waals surface area contributed by atoms with Gasteiger partial charge in [0, 0.05) is 24.8 Å². The number of halogens is 2. The fraction of sp³-hybridized carbons (Fsp3) is 0.312. The van der Waals surface area contributed by atoms with Crippen molar-refractivity contribution >= 4 is 11.6 Å². The number of aryl methyl sites for hydroxylation is 1. The Balaban J connectivity index is 2.18. The smallest absolute Gasteiger partial charge is 0.141 e. The van der Waals surface area contributed by atoms with E-state index in [-0.39, 0.29) is 11.1 Å². The van der Waals surface area contributed by atoms with Crippen LogP contribution in [0.15, 0.2) is 36.4 Å². The lowest BCUT2D eigenvalue weighted by molar-refractivity contribution is 0.239. The van der Waals surface area contributed by atoms with Gasteiger partial charge in [-0.1, -0.05) is 23.7 Å². The quantitative estimate of drug-likeness (QED) is 0.921. The molecule has 0 aliphatic rings. The van der Waals surface area contributed by atoms with Crippen molar-refractivity contribution in [3.63, 3.8) is 0 Å². The molecule has 1 aromatic carbocycles. The summed E-state index contributed by atoms with van der Waals surface area (Å²) in [4.78, 5) is 6.58. The Bertz CT molecular complexity index is 618. The van der Waals surface area contributed by atoms with Crippen LogP contribution in [0.4, 0.5) is 4.39 Å². The first-order chi connectivity index (χ1) is 10.0. The molecule has 0 aliphatic carbocycles. The maximum Gasteiger partial charge on any atom is 0.141 e. The van der Waals surface area contributed by atoms with Crippen LogP contribution in [0.5, 0.6) is 0 Å². The summed E-state index contributed by atoms with van der Waals surface area (Å²) in [6.45, 7) is 3.05. The maximum atomic E-state index is 13.3. The van der Waals surface area contributed by atoms with Crippen LogP contribution in [0.2, 0.25) is 5.02 Å². The molecule has 112 valence electrons. The summed E-state index contributed by atoms with van der Waals surface area (Å²) in [5, 5.41) is 0.119. The standard InChI is InChI=1S/C16H19ClFN3/c1-11-4-3-5-13(20-11)10-21(2)16(9-19)12-6-7-15(18)14(17)8-12/h3-8,16H,9-10,19H2,1-2H3. The molecule has 0 saturated heterocycles. The van der Waals surface area contributed by atoms with Gasteiger partial charge in [0.2, 0.25) is 0 Å². The molecule has 0 spiro atoms. The summed E-state index contributed by atoms with van der Waals surface area (Å²) >= 11 is 5.85. The van der Waals surface area contributed by atoms with Crippen molar-refractivity contribution in [3.8, 4) is 0 Å². The van der Waals surface area contributed by atoms with E-state index in [1.54, 1.807) is 12.1 Å². The van der Waals surface area contributed by atoms with Gasteiger partial charge in [0.1, 0.15) is 5.82 Å². The number of rotatable bonds is 5. The molecule has 0 aliphatic heterocycles. The minimum absolute atomic E-state index is 0.0367. The van der Waals surface area contributed by atoms with E-state index in [4.69, 9.17) is 17.3 Å². The van der Waals surface area contributed by atoms with Crippen molar-refractivity contribution in [3.05, 3.63) is 64.2 Å². The number of benzene rings is 1. The van der Waals surface area contributed by atoms with Crippen molar-refractivity contribution in [1.82, 2.24) is 9.88 Å². The highest BCUT2D eigenvalue weighted by molar-refractivity contribution is 6.30. The zero-order chi connectivity index (χ0) is 15.4. The van der Waals surface area contributed by atoms with E-state index in [9.17, 15) is 4.39 Å². The lowest BCUT2D eigenvalue weighted by Gasteiger charge is -2.27. The van der Waals surface area contributed by atoms with Crippen molar-refractivity contribution in [2.75, 3.05) is 13.6 Å². The maximum absolute atomic E-state index is 13.3. The van der Waals surface area contributed by atoms with Gasteiger partial charge in [-0.3, -0.25) is 9.88 Å². The van der Waals surface area contributed by atoms with Gasteiger partial charge < -0.3 is 5.73 Å². The van der Waals surface area contributed by atoms with E-state index < -0.39 is 5.82 Å². The van der Waals surface area contributed by atoms with Gasteiger partial charge in [-0.2, -0.15) is 0 Å². The van der Waals surface area contributed by atoms with Crippen LogP contribution in [0.25, 0.3) is 0 Å². The number of pyridine rings is 1. The molecule has 2 aromatic rings. The average Bonchev–Trinajstić information content (AvgIpc) is 2.43. The first-order valence-corrected chi connectivity index (χ1v) is 7.17. The van der Waals surface area contributed by atoms with E-state index in [0.717, 1.165) is 17.0 Å². The van der Waals surface area contributed by atoms with Gasteiger partial charge in [-0.25, -0.2) is 4.39 Å².